The zero-order valence-electron chi connectivity index (χ0n) is 8.19. The Bertz CT molecular complexity index is 390. The van der Waals surface area contributed by atoms with Crippen molar-refractivity contribution in [1.82, 2.24) is 5.32 Å². The number of hydrogen-bond acceptors (Lipinski definition) is 2. The Morgan fingerprint density at radius 2 is 2.33 bits per heavy atom. The molecule has 1 fully saturated rings. The van der Waals surface area contributed by atoms with Gasteiger partial charge in [0.15, 0.2) is 0 Å². The minimum atomic E-state index is -0.0813. The van der Waals surface area contributed by atoms with E-state index >= 15 is 0 Å². The summed E-state index contributed by atoms with van der Waals surface area (Å²) in [5.74, 6) is 0. The minimum absolute atomic E-state index is 0.0813. The first-order chi connectivity index (χ1) is 7.31. The van der Waals surface area contributed by atoms with Crippen molar-refractivity contribution in [3.63, 3.8) is 0 Å². The third kappa shape index (κ3) is 1.98. The van der Waals surface area contributed by atoms with E-state index in [1.807, 2.05) is 30.6 Å². The van der Waals surface area contributed by atoms with Crippen LogP contribution in [-0.4, -0.2) is 25.4 Å². The van der Waals surface area contributed by atoms with Crippen molar-refractivity contribution in [2.75, 3.05) is 18.0 Å². The van der Waals surface area contributed by atoms with Gasteiger partial charge in [-0.2, -0.15) is 0 Å². The number of rotatable bonds is 3. The Labute approximate surface area is 87.9 Å². The highest BCUT2D eigenvalue weighted by atomic mass is 16.2. The molecule has 4 heteroatoms. The molecule has 2 rings (SSSR count). The summed E-state index contributed by atoms with van der Waals surface area (Å²) in [6, 6.07) is 7.31. The Morgan fingerprint density at radius 1 is 1.47 bits per heavy atom. The molecule has 0 atom stereocenters. The van der Waals surface area contributed by atoms with Crippen molar-refractivity contribution in [2.24, 2.45) is 0 Å². The number of carbonyl (C=O) groups is 1. The molecule has 1 radical (unpaired) electrons. The normalized spacial score (nSPS) is 15.2. The van der Waals surface area contributed by atoms with Gasteiger partial charge >= 0.3 is 6.03 Å². The van der Waals surface area contributed by atoms with Gasteiger partial charge in [-0.05, 0) is 17.7 Å². The third-order valence-electron chi connectivity index (χ3n) is 2.36. The lowest BCUT2D eigenvalue weighted by atomic mass is 10.1. The number of urea groups is 1. The lowest BCUT2D eigenvalue weighted by molar-refractivity contribution is 0.252. The van der Waals surface area contributed by atoms with Crippen LogP contribution >= 0.6 is 0 Å². The van der Waals surface area contributed by atoms with Gasteiger partial charge in [0.05, 0.1) is 0 Å². The van der Waals surface area contributed by atoms with Gasteiger partial charge in [-0.1, -0.05) is 12.1 Å². The van der Waals surface area contributed by atoms with Crippen molar-refractivity contribution in [3.8, 4) is 0 Å². The van der Waals surface area contributed by atoms with Gasteiger partial charge in [0.25, 0.3) is 0 Å². The summed E-state index contributed by atoms with van der Waals surface area (Å²) in [7, 11) is 0. The van der Waals surface area contributed by atoms with Crippen LogP contribution in [0.2, 0.25) is 0 Å². The number of amides is 2. The molecule has 1 aliphatic heterocycles. The molecule has 1 aromatic rings. The maximum atomic E-state index is 11.4. The van der Waals surface area contributed by atoms with Crippen LogP contribution in [-0.2, 0) is 11.2 Å². The van der Waals surface area contributed by atoms with Crippen LogP contribution in [0.15, 0.2) is 24.3 Å². The van der Waals surface area contributed by atoms with Crippen molar-refractivity contribution in [2.45, 2.75) is 6.42 Å². The standard InChI is InChI=1S/C11H11N2O2/c14-7-4-9-2-1-3-10(8-9)13-6-5-12-11(13)15/h1-3,8H,4-6H2,(H,12,15). The van der Waals surface area contributed by atoms with E-state index < -0.39 is 0 Å². The predicted molar refractivity (Wildman–Crippen MR) is 56.6 cm³/mol. The van der Waals surface area contributed by atoms with Crippen LogP contribution in [0.5, 0.6) is 0 Å². The molecule has 0 aromatic heterocycles. The third-order valence-corrected chi connectivity index (χ3v) is 2.36. The number of nitrogens with one attached hydrogen (secondary N) is 1. The number of nitrogens with zero attached hydrogens (tertiary/aromatic N) is 1. The summed E-state index contributed by atoms with van der Waals surface area (Å²) < 4.78 is 0. The fourth-order valence-corrected chi connectivity index (χ4v) is 1.64. The second-order valence-corrected chi connectivity index (χ2v) is 3.37. The highest BCUT2D eigenvalue weighted by Crippen LogP contribution is 2.17. The van der Waals surface area contributed by atoms with E-state index in [0.717, 1.165) is 11.3 Å². The molecule has 0 spiro atoms. The average molecular weight is 203 g/mol. The summed E-state index contributed by atoms with van der Waals surface area (Å²) in [6.07, 6.45) is 2.11. The topological polar surface area (TPSA) is 49.4 Å². The summed E-state index contributed by atoms with van der Waals surface area (Å²) in [6.45, 7) is 1.34. The molecular weight excluding hydrogens is 192 g/mol. The fraction of sp³-hybridized carbons (Fsp3) is 0.273. The molecule has 15 heavy (non-hydrogen) atoms. The van der Waals surface area contributed by atoms with Crippen LogP contribution in [0.4, 0.5) is 10.5 Å². The second kappa shape index (κ2) is 4.13. The molecule has 77 valence electrons. The van der Waals surface area contributed by atoms with Crippen LogP contribution in [0, 0.1) is 0 Å². The summed E-state index contributed by atoms with van der Waals surface area (Å²) >= 11 is 0. The molecular formula is C11H11N2O2. The largest absolute Gasteiger partial charge is 0.336 e. The molecule has 1 heterocycles. The van der Waals surface area contributed by atoms with Crippen LogP contribution < -0.4 is 10.2 Å². The van der Waals surface area contributed by atoms with E-state index in [1.54, 1.807) is 4.90 Å². The van der Waals surface area contributed by atoms with Crippen molar-refractivity contribution in [1.29, 1.82) is 0 Å². The summed E-state index contributed by atoms with van der Waals surface area (Å²) in [5.41, 5.74) is 1.71. The van der Waals surface area contributed by atoms with Crippen LogP contribution in [0.3, 0.4) is 0 Å². The number of carbonyl (C=O) groups excluding carboxylic acids is 2. The first-order valence-corrected chi connectivity index (χ1v) is 4.80. The van der Waals surface area contributed by atoms with Crippen molar-refractivity contribution in [3.05, 3.63) is 29.8 Å². The van der Waals surface area contributed by atoms with Crippen molar-refractivity contribution >= 4 is 18.0 Å². The van der Waals surface area contributed by atoms with Gasteiger partial charge in [0, 0.05) is 25.2 Å². The van der Waals surface area contributed by atoms with Gasteiger partial charge in [-0.25, -0.2) is 4.79 Å². The SMILES string of the molecule is O=[C]Cc1cccc(N2CCNC2=O)c1. The lowest BCUT2D eigenvalue weighted by Gasteiger charge is -2.14. The highest BCUT2D eigenvalue weighted by Gasteiger charge is 2.20. The summed E-state index contributed by atoms with van der Waals surface area (Å²) in [5, 5.41) is 2.73. The highest BCUT2D eigenvalue weighted by molar-refractivity contribution is 5.94. The first-order valence-electron chi connectivity index (χ1n) is 4.80. The fourth-order valence-electron chi connectivity index (χ4n) is 1.64. The maximum Gasteiger partial charge on any atom is 0.321 e. The Hall–Kier alpha value is -1.84. The Morgan fingerprint density at radius 3 is 3.00 bits per heavy atom. The average Bonchev–Trinajstić information content (AvgIpc) is 2.65. The smallest absolute Gasteiger partial charge is 0.321 e. The molecule has 0 bridgehead atoms. The van der Waals surface area contributed by atoms with Gasteiger partial charge < -0.3 is 5.32 Å². The first kappa shape index (κ1) is 9.71. The monoisotopic (exact) mass is 203 g/mol. The van der Waals surface area contributed by atoms with E-state index in [0.29, 0.717) is 13.1 Å². The summed E-state index contributed by atoms with van der Waals surface area (Å²) in [4.78, 5) is 23.3. The molecule has 1 aromatic carbocycles. The van der Waals surface area contributed by atoms with E-state index in [4.69, 9.17) is 0 Å². The van der Waals surface area contributed by atoms with Crippen LogP contribution in [0.25, 0.3) is 0 Å². The molecule has 1 aliphatic rings. The molecule has 0 saturated carbocycles. The zero-order chi connectivity index (χ0) is 10.7. The Balaban J connectivity index is 2.23. The van der Waals surface area contributed by atoms with Crippen LogP contribution in [0.1, 0.15) is 5.56 Å². The van der Waals surface area contributed by atoms with Gasteiger partial charge in [-0.15, -0.1) is 0 Å². The lowest BCUT2D eigenvalue weighted by Crippen LogP contribution is -2.27. The molecule has 4 nitrogen and oxygen atoms in total. The van der Waals surface area contributed by atoms with E-state index in [9.17, 15) is 9.59 Å². The predicted octanol–water partition coefficient (Wildman–Crippen LogP) is 0.868. The van der Waals surface area contributed by atoms with Gasteiger partial charge in [0.1, 0.15) is 0 Å². The minimum Gasteiger partial charge on any atom is -0.336 e. The second-order valence-electron chi connectivity index (χ2n) is 3.37. The van der Waals surface area contributed by atoms with Gasteiger partial charge in [-0.3, -0.25) is 9.69 Å². The molecule has 1 N–H and O–H groups in total. The molecule has 1 saturated heterocycles. The quantitative estimate of drug-likeness (QED) is 0.792. The van der Waals surface area contributed by atoms with E-state index in [1.165, 1.54) is 0 Å². The number of hydrogen-bond donors (Lipinski definition) is 1. The zero-order valence-corrected chi connectivity index (χ0v) is 8.19. The van der Waals surface area contributed by atoms with Crippen molar-refractivity contribution < 1.29 is 9.59 Å². The number of anilines is 1. The molecule has 0 unspecified atom stereocenters. The molecule has 0 aliphatic carbocycles. The maximum absolute atomic E-state index is 11.4. The number of benzene rings is 1. The Kier molecular flexibility index (Phi) is 2.67. The molecule has 2 amide bonds. The van der Waals surface area contributed by atoms with E-state index in [-0.39, 0.29) is 12.5 Å². The van der Waals surface area contributed by atoms with E-state index in [2.05, 4.69) is 5.32 Å². The van der Waals surface area contributed by atoms with Gasteiger partial charge in [0.2, 0.25) is 6.29 Å².